The number of benzene rings is 1. The van der Waals surface area contributed by atoms with Crippen molar-refractivity contribution in [3.8, 4) is 5.75 Å². The smallest absolute Gasteiger partial charge is 0.209 e. The Bertz CT molecular complexity index is 487. The summed E-state index contributed by atoms with van der Waals surface area (Å²) < 4.78 is 5.68. The summed E-state index contributed by atoms with van der Waals surface area (Å²) in [6.45, 7) is 6.34. The Hall–Kier alpha value is -2.44. The van der Waals surface area contributed by atoms with Gasteiger partial charge in [-0.25, -0.2) is 10.4 Å². The van der Waals surface area contributed by atoms with Crippen molar-refractivity contribution in [2.24, 2.45) is 27.3 Å². The molecule has 0 aliphatic heterocycles. The molecule has 0 radical (unpaired) electrons. The highest BCUT2D eigenvalue weighted by molar-refractivity contribution is 5.81. The summed E-state index contributed by atoms with van der Waals surface area (Å²) in [5, 5.41) is 3.54. The third-order valence-corrected chi connectivity index (χ3v) is 2.35. The molecule has 0 aliphatic carbocycles. The van der Waals surface area contributed by atoms with Crippen molar-refractivity contribution >= 4 is 11.9 Å². The highest BCUT2D eigenvalue weighted by Crippen LogP contribution is 2.16. The van der Waals surface area contributed by atoms with Gasteiger partial charge < -0.3 is 21.9 Å². The summed E-state index contributed by atoms with van der Waals surface area (Å²) in [5.41, 5.74) is 20.7. The second-order valence-electron chi connectivity index (χ2n) is 4.65. The lowest BCUT2D eigenvalue weighted by atomic mass is 10.1. The Morgan fingerprint density at radius 3 is 2.35 bits per heavy atom. The van der Waals surface area contributed by atoms with Gasteiger partial charge in [-0.3, -0.25) is 0 Å². The molecule has 20 heavy (non-hydrogen) atoms. The number of aliphatic imine (C=N–C) groups is 1. The lowest BCUT2D eigenvalue weighted by Crippen LogP contribution is -2.34. The average Bonchev–Trinajstić information content (AvgIpc) is 2.33. The number of hydrogen-bond donors (Lipinski definition) is 4. The van der Waals surface area contributed by atoms with Crippen LogP contribution >= 0.6 is 0 Å². The molecule has 1 unspecified atom stereocenters. The zero-order valence-corrected chi connectivity index (χ0v) is 12.1. The minimum absolute atomic E-state index is 0.109. The first-order chi connectivity index (χ1) is 9.36. The number of guanidine groups is 2. The lowest BCUT2D eigenvalue weighted by Gasteiger charge is -2.11. The number of ether oxygens (including phenoxy) is 1. The third-order valence-electron chi connectivity index (χ3n) is 2.35. The van der Waals surface area contributed by atoms with Crippen LogP contribution in [0.15, 0.2) is 28.3 Å². The van der Waals surface area contributed by atoms with Gasteiger partial charge in [0.15, 0.2) is 0 Å². The fourth-order valence-corrected chi connectivity index (χ4v) is 1.66. The van der Waals surface area contributed by atoms with Crippen LogP contribution in [0.2, 0.25) is 0 Å². The molecule has 110 valence electrons. The van der Waals surface area contributed by atoms with E-state index in [-0.39, 0.29) is 18.0 Å². The van der Waals surface area contributed by atoms with E-state index in [1.54, 1.807) is 0 Å². The van der Waals surface area contributed by atoms with Crippen molar-refractivity contribution in [2.45, 2.75) is 26.8 Å². The number of hydrogen-bond acceptors (Lipinski definition) is 3. The van der Waals surface area contributed by atoms with Gasteiger partial charge >= 0.3 is 0 Å². The van der Waals surface area contributed by atoms with Gasteiger partial charge in [-0.2, -0.15) is 0 Å². The molecule has 0 saturated heterocycles. The van der Waals surface area contributed by atoms with Gasteiger partial charge in [-0.05, 0) is 44.0 Å². The Balaban J connectivity index is 2.52. The van der Waals surface area contributed by atoms with Crippen molar-refractivity contribution in [3.63, 3.8) is 0 Å². The van der Waals surface area contributed by atoms with E-state index in [9.17, 15) is 0 Å². The van der Waals surface area contributed by atoms with Crippen molar-refractivity contribution in [1.29, 1.82) is 0 Å². The van der Waals surface area contributed by atoms with E-state index in [4.69, 9.17) is 21.9 Å². The van der Waals surface area contributed by atoms with Gasteiger partial charge in [-0.1, -0.05) is 6.07 Å². The minimum Gasteiger partial charge on any atom is -0.491 e. The number of nitrogens with two attached hydrogens (primary N) is 3. The monoisotopic (exact) mass is 278 g/mol. The fourth-order valence-electron chi connectivity index (χ4n) is 1.66. The molecule has 1 aromatic rings. The van der Waals surface area contributed by atoms with Crippen molar-refractivity contribution in [3.05, 3.63) is 29.3 Å². The van der Waals surface area contributed by atoms with Crippen LogP contribution in [0.4, 0.5) is 0 Å². The highest BCUT2D eigenvalue weighted by atomic mass is 16.5. The molecular formula is C13H22N6O. The number of nitrogens with one attached hydrogen (secondary N) is 1. The van der Waals surface area contributed by atoms with Crippen LogP contribution in [0.1, 0.15) is 18.1 Å². The quantitative estimate of drug-likeness (QED) is 0.347. The predicted octanol–water partition coefficient (Wildman–Crippen LogP) is 0.163. The predicted molar refractivity (Wildman–Crippen MR) is 81.4 cm³/mol. The van der Waals surface area contributed by atoms with Crippen molar-refractivity contribution in [1.82, 2.24) is 5.43 Å². The summed E-state index contributed by atoms with van der Waals surface area (Å²) in [6.07, 6.45) is 0. The van der Waals surface area contributed by atoms with E-state index in [0.717, 1.165) is 16.9 Å². The Morgan fingerprint density at radius 1 is 1.20 bits per heavy atom. The maximum atomic E-state index is 5.68. The molecule has 0 bridgehead atoms. The number of aryl methyl sites for hydroxylation is 2. The Kier molecular flexibility index (Phi) is 5.64. The van der Waals surface area contributed by atoms with Crippen LogP contribution in [-0.2, 0) is 0 Å². The van der Waals surface area contributed by atoms with Gasteiger partial charge in [0.25, 0.3) is 0 Å². The van der Waals surface area contributed by atoms with Gasteiger partial charge in [0.2, 0.25) is 11.9 Å². The minimum atomic E-state index is -0.127. The molecule has 7 nitrogen and oxygen atoms in total. The third kappa shape index (κ3) is 5.94. The lowest BCUT2D eigenvalue weighted by molar-refractivity contribution is 0.296. The van der Waals surface area contributed by atoms with Gasteiger partial charge in [0.1, 0.15) is 12.4 Å². The highest BCUT2D eigenvalue weighted by Gasteiger charge is 2.03. The molecule has 0 fully saturated rings. The molecular weight excluding hydrogens is 256 g/mol. The second-order valence-corrected chi connectivity index (χ2v) is 4.65. The van der Waals surface area contributed by atoms with E-state index >= 15 is 0 Å². The van der Waals surface area contributed by atoms with E-state index < -0.39 is 0 Å². The molecule has 0 aromatic heterocycles. The number of nitrogens with zero attached hydrogens (tertiary/aromatic N) is 2. The topological polar surface area (TPSA) is 124 Å². The zero-order valence-electron chi connectivity index (χ0n) is 12.1. The van der Waals surface area contributed by atoms with Crippen molar-refractivity contribution in [2.75, 3.05) is 6.61 Å². The number of hydrazone groups is 1. The average molecular weight is 278 g/mol. The summed E-state index contributed by atoms with van der Waals surface area (Å²) in [7, 11) is 0. The van der Waals surface area contributed by atoms with Crippen LogP contribution in [0.25, 0.3) is 0 Å². The first-order valence-electron chi connectivity index (χ1n) is 6.26. The summed E-state index contributed by atoms with van der Waals surface area (Å²) in [5.74, 6) is 0.845. The molecule has 0 aliphatic rings. The number of rotatable bonds is 5. The van der Waals surface area contributed by atoms with E-state index in [1.165, 1.54) is 0 Å². The standard InChI is InChI=1S/C13H22N6O/c1-8-4-9(2)6-11(5-8)20-7-10(3)17-13(16)19-18-12(14)15/h4-6,10H,7H2,1-3H3,(H4,14,15,18)(H3,16,17,19). The fraction of sp³-hybridized carbons (Fsp3) is 0.385. The van der Waals surface area contributed by atoms with Gasteiger partial charge in [-0.15, -0.1) is 5.10 Å². The van der Waals surface area contributed by atoms with Crippen LogP contribution in [-0.4, -0.2) is 24.6 Å². The van der Waals surface area contributed by atoms with Crippen molar-refractivity contribution < 1.29 is 4.74 Å². The first kappa shape index (κ1) is 15.6. The molecule has 0 amide bonds. The van der Waals surface area contributed by atoms with Crippen LogP contribution in [0, 0.1) is 13.8 Å². The second kappa shape index (κ2) is 7.22. The molecule has 7 N–H and O–H groups in total. The van der Waals surface area contributed by atoms with Gasteiger partial charge in [0, 0.05) is 0 Å². The van der Waals surface area contributed by atoms with E-state index in [0.29, 0.717) is 6.61 Å². The molecule has 7 heteroatoms. The summed E-state index contributed by atoms with van der Waals surface area (Å²) in [6, 6.07) is 5.91. The molecule has 0 heterocycles. The SMILES string of the molecule is Cc1cc(C)cc(OCC(C)N=C(N)NN=C(N)N)c1. The zero-order chi connectivity index (χ0) is 15.1. The van der Waals surface area contributed by atoms with Gasteiger partial charge in [0.05, 0.1) is 6.04 Å². The Morgan fingerprint density at radius 2 is 1.80 bits per heavy atom. The molecule has 0 spiro atoms. The van der Waals surface area contributed by atoms with Crippen LogP contribution < -0.4 is 27.4 Å². The molecule has 0 saturated carbocycles. The van der Waals surface area contributed by atoms with Crippen LogP contribution in [0.3, 0.4) is 0 Å². The maximum Gasteiger partial charge on any atom is 0.209 e. The summed E-state index contributed by atoms with van der Waals surface area (Å²) in [4.78, 5) is 4.15. The maximum absolute atomic E-state index is 5.68. The molecule has 1 aromatic carbocycles. The first-order valence-corrected chi connectivity index (χ1v) is 6.26. The largest absolute Gasteiger partial charge is 0.491 e. The molecule has 1 atom stereocenters. The normalized spacial score (nSPS) is 12.7. The van der Waals surface area contributed by atoms with E-state index in [1.807, 2.05) is 32.9 Å². The molecule has 1 rings (SSSR count). The van der Waals surface area contributed by atoms with Crippen LogP contribution in [0.5, 0.6) is 5.75 Å². The summed E-state index contributed by atoms with van der Waals surface area (Å²) >= 11 is 0. The van der Waals surface area contributed by atoms with E-state index in [2.05, 4.69) is 21.6 Å². The Labute approximate surface area is 118 Å².